The molecule has 0 heterocycles. The van der Waals surface area contributed by atoms with Crippen molar-refractivity contribution in [2.24, 2.45) is 0 Å². The second-order valence-electron chi connectivity index (χ2n) is 7.88. The lowest BCUT2D eigenvalue weighted by atomic mass is 9.79. The van der Waals surface area contributed by atoms with Gasteiger partial charge < -0.3 is 10.4 Å². The summed E-state index contributed by atoms with van der Waals surface area (Å²) in [4.78, 5) is 24.5. The van der Waals surface area contributed by atoms with E-state index in [2.05, 4.69) is 5.32 Å². The fraction of sp³-hybridized carbons (Fsp3) is 0.200. The van der Waals surface area contributed by atoms with Crippen LogP contribution < -0.4 is 5.32 Å². The molecule has 1 unspecified atom stereocenters. The van der Waals surface area contributed by atoms with E-state index in [-0.39, 0.29) is 6.42 Å². The maximum atomic E-state index is 12.7. The highest BCUT2D eigenvalue weighted by atomic mass is 35.5. The third-order valence-electron chi connectivity index (χ3n) is 5.21. The van der Waals surface area contributed by atoms with Gasteiger partial charge in [-0.1, -0.05) is 86.1 Å². The Kier molecular flexibility index (Phi) is 6.58. The summed E-state index contributed by atoms with van der Waals surface area (Å²) in [5, 5.41) is 13.0. The molecule has 5 heteroatoms. The lowest BCUT2D eigenvalue weighted by Crippen LogP contribution is -2.44. The Hall–Kier alpha value is -3.11. The van der Waals surface area contributed by atoms with Crippen LogP contribution in [-0.4, -0.2) is 23.0 Å². The van der Waals surface area contributed by atoms with Crippen LogP contribution in [0.2, 0.25) is 5.02 Å². The van der Waals surface area contributed by atoms with Crippen molar-refractivity contribution in [3.63, 3.8) is 0 Å². The number of amides is 1. The molecular weight excluding hydrogens is 398 g/mol. The number of hydrogen-bond acceptors (Lipinski definition) is 2. The van der Waals surface area contributed by atoms with Gasteiger partial charge in [0.05, 0.1) is 0 Å². The Morgan fingerprint density at radius 2 is 1.53 bits per heavy atom. The first-order chi connectivity index (χ1) is 14.3. The molecule has 3 aromatic carbocycles. The van der Waals surface area contributed by atoms with E-state index in [4.69, 9.17) is 11.6 Å². The first-order valence-electron chi connectivity index (χ1n) is 9.72. The lowest BCUT2D eigenvalue weighted by Gasteiger charge is -2.29. The molecule has 3 rings (SSSR count). The van der Waals surface area contributed by atoms with Gasteiger partial charge in [0, 0.05) is 16.1 Å². The van der Waals surface area contributed by atoms with Gasteiger partial charge in [0.15, 0.2) is 0 Å². The number of nitrogens with one attached hydrogen (secondary N) is 1. The number of hydrogen-bond donors (Lipinski definition) is 2. The monoisotopic (exact) mass is 421 g/mol. The van der Waals surface area contributed by atoms with Crippen LogP contribution in [-0.2, 0) is 10.2 Å². The Morgan fingerprint density at radius 3 is 2.13 bits per heavy atom. The maximum Gasteiger partial charge on any atom is 0.326 e. The van der Waals surface area contributed by atoms with E-state index in [0.29, 0.717) is 10.6 Å². The van der Waals surface area contributed by atoms with Crippen molar-refractivity contribution in [1.29, 1.82) is 0 Å². The van der Waals surface area contributed by atoms with E-state index in [1.165, 1.54) is 0 Å². The van der Waals surface area contributed by atoms with Crippen LogP contribution in [0, 0.1) is 0 Å². The SMILES string of the molecule is CC(C)(CC(NC(=O)c1ccc(-c2ccccc2Cl)cc1)C(=O)O)c1ccccc1. The van der Waals surface area contributed by atoms with Gasteiger partial charge in [0.2, 0.25) is 0 Å². The summed E-state index contributed by atoms with van der Waals surface area (Å²) < 4.78 is 0. The molecule has 0 saturated carbocycles. The normalized spacial score (nSPS) is 12.2. The van der Waals surface area contributed by atoms with Crippen molar-refractivity contribution in [2.75, 3.05) is 0 Å². The van der Waals surface area contributed by atoms with Gasteiger partial charge in [-0.05, 0) is 41.2 Å². The maximum absolute atomic E-state index is 12.7. The predicted molar refractivity (Wildman–Crippen MR) is 120 cm³/mol. The fourth-order valence-corrected chi connectivity index (χ4v) is 3.70. The minimum absolute atomic E-state index is 0.274. The molecule has 3 aromatic rings. The van der Waals surface area contributed by atoms with Crippen molar-refractivity contribution >= 4 is 23.5 Å². The first-order valence-corrected chi connectivity index (χ1v) is 10.1. The molecule has 0 saturated heterocycles. The van der Waals surface area contributed by atoms with E-state index < -0.39 is 23.3 Å². The Morgan fingerprint density at radius 1 is 0.933 bits per heavy atom. The highest BCUT2D eigenvalue weighted by Gasteiger charge is 2.30. The van der Waals surface area contributed by atoms with Crippen LogP contribution >= 0.6 is 11.6 Å². The largest absolute Gasteiger partial charge is 0.480 e. The smallest absolute Gasteiger partial charge is 0.326 e. The standard InChI is InChI=1S/C25H24ClNO3/c1-25(2,19-8-4-3-5-9-19)16-22(24(29)30)27-23(28)18-14-12-17(13-15-18)20-10-6-7-11-21(20)26/h3-15,22H,16H2,1-2H3,(H,27,28)(H,29,30). The van der Waals surface area contributed by atoms with E-state index in [0.717, 1.165) is 16.7 Å². The Balaban J connectivity index is 1.74. The predicted octanol–water partition coefficient (Wildman–Crippen LogP) is 5.56. The van der Waals surface area contributed by atoms with Crippen molar-refractivity contribution in [1.82, 2.24) is 5.32 Å². The van der Waals surface area contributed by atoms with E-state index in [1.807, 2.05) is 68.4 Å². The van der Waals surface area contributed by atoms with Gasteiger partial charge in [-0.2, -0.15) is 0 Å². The van der Waals surface area contributed by atoms with Crippen molar-refractivity contribution in [2.45, 2.75) is 31.7 Å². The summed E-state index contributed by atoms with van der Waals surface area (Å²) in [7, 11) is 0. The molecule has 0 spiro atoms. The van der Waals surface area contributed by atoms with Crippen LogP contribution in [0.25, 0.3) is 11.1 Å². The van der Waals surface area contributed by atoms with Gasteiger partial charge in [0.25, 0.3) is 5.91 Å². The molecule has 1 atom stereocenters. The number of rotatable bonds is 7. The molecule has 0 aromatic heterocycles. The van der Waals surface area contributed by atoms with Crippen LogP contribution in [0.4, 0.5) is 0 Å². The minimum atomic E-state index is -1.06. The summed E-state index contributed by atoms with van der Waals surface area (Å²) in [5.41, 5.74) is 2.77. The average Bonchev–Trinajstić information content (AvgIpc) is 2.74. The van der Waals surface area contributed by atoms with Crippen LogP contribution in [0.1, 0.15) is 36.2 Å². The lowest BCUT2D eigenvalue weighted by molar-refractivity contribution is -0.139. The third-order valence-corrected chi connectivity index (χ3v) is 5.53. The number of halogens is 1. The van der Waals surface area contributed by atoms with Crippen molar-refractivity contribution < 1.29 is 14.7 Å². The molecule has 0 aliphatic heterocycles. The zero-order valence-electron chi connectivity index (χ0n) is 16.9. The Labute approximate surface area is 181 Å². The van der Waals surface area contributed by atoms with Crippen LogP contribution in [0.3, 0.4) is 0 Å². The molecule has 30 heavy (non-hydrogen) atoms. The zero-order chi connectivity index (χ0) is 21.7. The van der Waals surface area contributed by atoms with Gasteiger partial charge in [-0.25, -0.2) is 4.79 Å². The zero-order valence-corrected chi connectivity index (χ0v) is 17.7. The molecule has 0 aliphatic carbocycles. The van der Waals surface area contributed by atoms with Crippen LogP contribution in [0.5, 0.6) is 0 Å². The third kappa shape index (κ3) is 5.08. The quantitative estimate of drug-likeness (QED) is 0.525. The van der Waals surface area contributed by atoms with Gasteiger partial charge in [-0.15, -0.1) is 0 Å². The van der Waals surface area contributed by atoms with Gasteiger partial charge in [-0.3, -0.25) is 4.79 Å². The van der Waals surface area contributed by atoms with E-state index in [1.54, 1.807) is 24.3 Å². The molecular formula is C25H24ClNO3. The summed E-state index contributed by atoms with van der Waals surface area (Å²) >= 11 is 6.23. The summed E-state index contributed by atoms with van der Waals surface area (Å²) in [6.07, 6.45) is 0.274. The van der Waals surface area contributed by atoms with Crippen LogP contribution in [0.15, 0.2) is 78.9 Å². The molecule has 2 N–H and O–H groups in total. The molecule has 0 fully saturated rings. The van der Waals surface area contributed by atoms with Crippen molar-refractivity contribution in [3.8, 4) is 11.1 Å². The highest BCUT2D eigenvalue weighted by Crippen LogP contribution is 2.29. The molecule has 1 amide bonds. The number of carbonyl (C=O) groups excluding carboxylic acids is 1. The molecule has 154 valence electrons. The highest BCUT2D eigenvalue weighted by molar-refractivity contribution is 6.33. The average molecular weight is 422 g/mol. The fourth-order valence-electron chi connectivity index (χ4n) is 3.46. The summed E-state index contributed by atoms with van der Waals surface area (Å²) in [6.45, 7) is 3.95. The number of benzene rings is 3. The number of carboxylic acid groups (broad SMARTS) is 1. The molecule has 0 aliphatic rings. The molecule has 0 radical (unpaired) electrons. The van der Waals surface area contributed by atoms with Crippen molar-refractivity contribution in [3.05, 3.63) is 95.0 Å². The molecule has 0 bridgehead atoms. The minimum Gasteiger partial charge on any atom is -0.480 e. The summed E-state index contributed by atoms with van der Waals surface area (Å²) in [6, 6.07) is 23.1. The number of carbonyl (C=O) groups is 2. The topological polar surface area (TPSA) is 66.4 Å². The van der Waals surface area contributed by atoms with E-state index in [9.17, 15) is 14.7 Å². The first kappa shape index (κ1) is 21.6. The summed E-state index contributed by atoms with van der Waals surface area (Å²) in [5.74, 6) is -1.47. The molecule has 4 nitrogen and oxygen atoms in total. The second kappa shape index (κ2) is 9.14. The number of carboxylic acids is 1. The number of aliphatic carboxylic acids is 1. The second-order valence-corrected chi connectivity index (χ2v) is 8.28. The van der Waals surface area contributed by atoms with Gasteiger partial charge in [0.1, 0.15) is 6.04 Å². The Bertz CT molecular complexity index is 1030. The van der Waals surface area contributed by atoms with E-state index >= 15 is 0 Å². The van der Waals surface area contributed by atoms with Gasteiger partial charge >= 0.3 is 5.97 Å².